The summed E-state index contributed by atoms with van der Waals surface area (Å²) in [7, 11) is 0. The zero-order valence-electron chi connectivity index (χ0n) is 14.6. The molecule has 1 saturated heterocycles. The van der Waals surface area contributed by atoms with E-state index in [1.807, 2.05) is 6.08 Å². The maximum atomic E-state index is 12.7. The van der Waals surface area contributed by atoms with Gasteiger partial charge in [0, 0.05) is 11.3 Å². The van der Waals surface area contributed by atoms with E-state index < -0.39 is 34.6 Å². The monoisotopic (exact) mass is 332 g/mol. The van der Waals surface area contributed by atoms with Crippen molar-refractivity contribution in [3.63, 3.8) is 0 Å². The highest BCUT2D eigenvalue weighted by Gasteiger charge is 2.79. The second-order valence-corrected chi connectivity index (χ2v) is 8.80. The van der Waals surface area contributed by atoms with Crippen molar-refractivity contribution in [2.24, 2.45) is 28.6 Å². The molecule has 4 rings (SSSR count). The normalized spacial score (nSPS) is 56.2. The smallest absolute Gasteiger partial charge is 0.317 e. The van der Waals surface area contributed by atoms with Gasteiger partial charge in [0.2, 0.25) is 0 Å². The Morgan fingerprint density at radius 1 is 1.33 bits per heavy atom. The van der Waals surface area contributed by atoms with E-state index >= 15 is 0 Å². The number of ether oxygens (including phenoxy) is 1. The fourth-order valence-electron chi connectivity index (χ4n) is 6.75. The van der Waals surface area contributed by atoms with Gasteiger partial charge >= 0.3 is 5.97 Å². The molecule has 132 valence electrons. The van der Waals surface area contributed by atoms with Crippen molar-refractivity contribution in [2.45, 2.75) is 63.8 Å². The minimum absolute atomic E-state index is 0.211. The van der Waals surface area contributed by atoms with Crippen molar-refractivity contribution >= 4 is 5.97 Å². The molecule has 4 nitrogen and oxygen atoms in total. The van der Waals surface area contributed by atoms with Crippen LogP contribution < -0.4 is 0 Å². The minimum atomic E-state index is -1.31. The summed E-state index contributed by atoms with van der Waals surface area (Å²) in [5.41, 5.74) is -1.78. The van der Waals surface area contributed by atoms with Crippen molar-refractivity contribution < 1.29 is 19.7 Å². The topological polar surface area (TPSA) is 66.8 Å². The van der Waals surface area contributed by atoms with Crippen molar-refractivity contribution in [2.75, 3.05) is 0 Å². The van der Waals surface area contributed by atoms with Gasteiger partial charge < -0.3 is 14.9 Å². The molecule has 3 aliphatic carbocycles. The Morgan fingerprint density at radius 2 is 2.04 bits per heavy atom. The number of hydrogen-bond donors (Lipinski definition) is 2. The van der Waals surface area contributed by atoms with E-state index in [4.69, 9.17) is 4.74 Å². The molecule has 8 atom stereocenters. The standard InChI is InChI=1S/C20H28O4/c1-5-12-11(2)6-7-14-13(12)10-16-20(23)18(14,3)9-8-15(21)19(20,4)17(22)24-16/h5,12-16,21,23H,1-2,6-10H2,3-4H3/t12-,13+,14+,15+,16-,18-,19-,20+/m0/s1. The molecule has 4 aliphatic rings. The molecule has 0 radical (unpaired) electrons. The first kappa shape index (κ1) is 16.3. The maximum Gasteiger partial charge on any atom is 0.317 e. The van der Waals surface area contributed by atoms with Crippen molar-refractivity contribution in [3.8, 4) is 0 Å². The molecule has 2 N–H and O–H groups in total. The highest BCUT2D eigenvalue weighted by Crippen LogP contribution is 2.69. The number of esters is 1. The Hall–Kier alpha value is -1.13. The van der Waals surface area contributed by atoms with E-state index in [0.717, 1.165) is 12.8 Å². The molecule has 1 aliphatic heterocycles. The van der Waals surface area contributed by atoms with Gasteiger partial charge in [-0.2, -0.15) is 0 Å². The van der Waals surface area contributed by atoms with Gasteiger partial charge in [-0.15, -0.1) is 6.58 Å². The lowest BCUT2D eigenvalue weighted by Gasteiger charge is -2.64. The van der Waals surface area contributed by atoms with Gasteiger partial charge in [0.25, 0.3) is 0 Å². The van der Waals surface area contributed by atoms with Crippen LogP contribution in [0.1, 0.15) is 46.0 Å². The lowest BCUT2D eigenvalue weighted by molar-refractivity contribution is -0.267. The Labute approximate surface area is 143 Å². The molecular weight excluding hydrogens is 304 g/mol. The Bertz CT molecular complexity index is 627. The summed E-state index contributed by atoms with van der Waals surface area (Å²) in [6.07, 6.45) is 4.34. The van der Waals surface area contributed by atoms with Gasteiger partial charge in [-0.25, -0.2) is 0 Å². The largest absolute Gasteiger partial charge is 0.459 e. The van der Waals surface area contributed by atoms with E-state index in [1.165, 1.54) is 5.57 Å². The number of carbonyl (C=O) groups excluding carboxylic acids is 1. The second-order valence-electron chi connectivity index (χ2n) is 8.80. The van der Waals surface area contributed by atoms with E-state index in [1.54, 1.807) is 6.92 Å². The van der Waals surface area contributed by atoms with Crippen LogP contribution in [0, 0.1) is 28.6 Å². The summed E-state index contributed by atoms with van der Waals surface area (Å²) in [6.45, 7) is 12.0. The first-order valence-corrected chi connectivity index (χ1v) is 9.13. The lowest BCUT2D eigenvalue weighted by atomic mass is 9.40. The van der Waals surface area contributed by atoms with Crippen LogP contribution in [0.2, 0.25) is 0 Å². The zero-order valence-corrected chi connectivity index (χ0v) is 14.6. The summed E-state index contributed by atoms with van der Waals surface area (Å²) in [4.78, 5) is 12.7. The molecule has 4 heteroatoms. The van der Waals surface area contributed by atoms with Crippen LogP contribution in [-0.4, -0.2) is 34.0 Å². The Morgan fingerprint density at radius 3 is 2.71 bits per heavy atom. The van der Waals surface area contributed by atoms with Crippen LogP contribution in [0.15, 0.2) is 24.8 Å². The number of allylic oxidation sites excluding steroid dienone is 2. The molecule has 24 heavy (non-hydrogen) atoms. The molecule has 0 aromatic heterocycles. The van der Waals surface area contributed by atoms with Gasteiger partial charge in [-0.05, 0) is 50.9 Å². The van der Waals surface area contributed by atoms with Crippen molar-refractivity contribution in [1.82, 2.24) is 0 Å². The molecule has 0 aromatic rings. The highest BCUT2D eigenvalue weighted by atomic mass is 16.6. The maximum absolute atomic E-state index is 12.7. The Balaban J connectivity index is 1.87. The van der Waals surface area contributed by atoms with Crippen molar-refractivity contribution in [3.05, 3.63) is 24.8 Å². The Kier molecular flexibility index (Phi) is 3.22. The van der Waals surface area contributed by atoms with Crippen LogP contribution in [0.25, 0.3) is 0 Å². The SMILES string of the molecule is C=C[C@H]1C(=C)CC[C@@H]2[C@@H]1C[C@@H]1OC(=O)[C@]3(C)[C@H](O)CC[C@]2(C)[C@]13O. The van der Waals surface area contributed by atoms with E-state index in [2.05, 4.69) is 20.1 Å². The van der Waals surface area contributed by atoms with E-state index in [9.17, 15) is 15.0 Å². The van der Waals surface area contributed by atoms with Gasteiger partial charge in [0.1, 0.15) is 17.1 Å². The summed E-state index contributed by atoms with van der Waals surface area (Å²) in [6, 6.07) is 0. The molecule has 0 bridgehead atoms. The number of hydrogen-bond acceptors (Lipinski definition) is 4. The number of aliphatic hydroxyl groups is 2. The first-order chi connectivity index (χ1) is 11.2. The molecule has 0 spiro atoms. The van der Waals surface area contributed by atoms with Crippen LogP contribution in [-0.2, 0) is 9.53 Å². The molecule has 3 saturated carbocycles. The summed E-state index contributed by atoms with van der Waals surface area (Å²) < 4.78 is 5.68. The molecular formula is C20H28O4. The highest BCUT2D eigenvalue weighted by molar-refractivity contribution is 5.82. The fraction of sp³-hybridized carbons (Fsp3) is 0.750. The lowest BCUT2D eigenvalue weighted by Crippen LogP contribution is -2.73. The van der Waals surface area contributed by atoms with Crippen LogP contribution >= 0.6 is 0 Å². The van der Waals surface area contributed by atoms with Gasteiger partial charge in [0.05, 0.1) is 6.10 Å². The average Bonchev–Trinajstić information content (AvgIpc) is 2.74. The second kappa shape index (κ2) is 4.73. The number of carbonyl (C=O) groups is 1. The minimum Gasteiger partial charge on any atom is -0.459 e. The van der Waals surface area contributed by atoms with E-state index in [-0.39, 0.29) is 11.8 Å². The fourth-order valence-corrected chi connectivity index (χ4v) is 6.75. The average molecular weight is 332 g/mol. The molecule has 4 fully saturated rings. The summed E-state index contributed by atoms with van der Waals surface area (Å²) in [5, 5.41) is 22.4. The van der Waals surface area contributed by atoms with Crippen LogP contribution in [0.3, 0.4) is 0 Å². The van der Waals surface area contributed by atoms with E-state index in [0.29, 0.717) is 25.2 Å². The van der Waals surface area contributed by atoms with Crippen LogP contribution in [0.5, 0.6) is 0 Å². The number of fused-ring (bicyclic) bond motifs is 2. The van der Waals surface area contributed by atoms with Gasteiger partial charge in [-0.1, -0.05) is 25.2 Å². The van der Waals surface area contributed by atoms with Crippen LogP contribution in [0.4, 0.5) is 0 Å². The van der Waals surface area contributed by atoms with Gasteiger partial charge in [0.15, 0.2) is 0 Å². The summed E-state index contributed by atoms with van der Waals surface area (Å²) in [5.74, 6) is 0.349. The van der Waals surface area contributed by atoms with Gasteiger partial charge in [-0.3, -0.25) is 4.79 Å². The third-order valence-electron chi connectivity index (χ3n) is 8.19. The van der Waals surface area contributed by atoms with Crippen molar-refractivity contribution in [1.29, 1.82) is 0 Å². The predicted octanol–water partition coefficient (Wildman–Crippen LogP) is 2.60. The molecule has 0 unspecified atom stereocenters. The molecule has 1 heterocycles. The molecule has 0 aromatic carbocycles. The number of aliphatic hydroxyl groups excluding tert-OH is 1. The first-order valence-electron chi connectivity index (χ1n) is 9.13. The number of rotatable bonds is 1. The third kappa shape index (κ3) is 1.51. The predicted molar refractivity (Wildman–Crippen MR) is 89.9 cm³/mol. The summed E-state index contributed by atoms with van der Waals surface area (Å²) >= 11 is 0. The molecule has 0 amide bonds. The quantitative estimate of drug-likeness (QED) is 0.572. The third-order valence-corrected chi connectivity index (χ3v) is 8.19. The zero-order chi connectivity index (χ0) is 17.5.